The molecule has 0 radical (unpaired) electrons. The zero-order chi connectivity index (χ0) is 14.3. The average Bonchev–Trinajstić information content (AvgIpc) is 2.35. The second-order valence-electron chi connectivity index (χ2n) is 4.28. The van der Waals surface area contributed by atoms with Crippen molar-refractivity contribution in [3.8, 4) is 5.75 Å². The number of carbonyl (C=O) groups excluding carboxylic acids is 1. The van der Waals surface area contributed by atoms with Crippen LogP contribution in [0.5, 0.6) is 5.75 Å². The summed E-state index contributed by atoms with van der Waals surface area (Å²) in [5.41, 5.74) is 1.08. The highest BCUT2D eigenvalue weighted by Gasteiger charge is 2.17. The Morgan fingerprint density at radius 3 is 2.74 bits per heavy atom. The Kier molecular flexibility index (Phi) is 5.85. The monoisotopic (exact) mass is 265 g/mol. The van der Waals surface area contributed by atoms with Crippen LogP contribution in [-0.4, -0.2) is 29.6 Å². The van der Waals surface area contributed by atoms with Crippen molar-refractivity contribution in [1.29, 1.82) is 0 Å². The van der Waals surface area contributed by atoms with Crippen LogP contribution in [0, 0.1) is 6.92 Å². The smallest absolute Gasteiger partial charge is 0.326 e. The van der Waals surface area contributed by atoms with E-state index >= 15 is 0 Å². The molecule has 0 bridgehead atoms. The van der Waals surface area contributed by atoms with Crippen LogP contribution in [0.3, 0.4) is 0 Å². The molecule has 1 rings (SSSR count). The number of amides is 1. The summed E-state index contributed by atoms with van der Waals surface area (Å²) in [5.74, 6) is -0.629. The molecular formula is C14H19NO4. The van der Waals surface area contributed by atoms with Gasteiger partial charge in [-0.15, -0.1) is 0 Å². The molecule has 0 spiro atoms. The zero-order valence-corrected chi connectivity index (χ0v) is 11.2. The van der Waals surface area contributed by atoms with Crippen LogP contribution in [0.25, 0.3) is 0 Å². The lowest BCUT2D eigenvalue weighted by Gasteiger charge is -2.12. The van der Waals surface area contributed by atoms with E-state index in [2.05, 4.69) is 5.32 Å². The molecule has 1 aromatic carbocycles. The largest absolute Gasteiger partial charge is 0.493 e. The van der Waals surface area contributed by atoms with Gasteiger partial charge in [0, 0.05) is 0 Å². The Bertz CT molecular complexity index is 445. The number of carboxylic acids is 1. The number of hydrogen-bond donors (Lipinski definition) is 2. The molecule has 0 fully saturated rings. The van der Waals surface area contributed by atoms with Crippen molar-refractivity contribution in [1.82, 2.24) is 5.32 Å². The molecule has 0 heterocycles. The third kappa shape index (κ3) is 5.42. The third-order valence-electron chi connectivity index (χ3n) is 2.63. The maximum atomic E-state index is 11.5. The van der Waals surface area contributed by atoms with E-state index in [1.54, 1.807) is 6.92 Å². The molecule has 1 aromatic rings. The lowest BCUT2D eigenvalue weighted by Crippen LogP contribution is -2.40. The molecule has 0 saturated heterocycles. The highest BCUT2D eigenvalue weighted by Crippen LogP contribution is 2.12. The maximum Gasteiger partial charge on any atom is 0.326 e. The van der Waals surface area contributed by atoms with Crippen molar-refractivity contribution < 1.29 is 19.4 Å². The lowest BCUT2D eigenvalue weighted by molar-refractivity contribution is -0.142. The fourth-order valence-electron chi connectivity index (χ4n) is 1.57. The second kappa shape index (κ2) is 7.41. The van der Waals surface area contributed by atoms with Gasteiger partial charge in [0.2, 0.25) is 5.91 Å². The molecule has 1 atom stereocenters. The van der Waals surface area contributed by atoms with Gasteiger partial charge in [0.15, 0.2) is 0 Å². The first kappa shape index (κ1) is 15.0. The highest BCUT2D eigenvalue weighted by atomic mass is 16.5. The van der Waals surface area contributed by atoms with Gasteiger partial charge in [-0.3, -0.25) is 4.79 Å². The molecule has 0 aromatic heterocycles. The Labute approximate surface area is 112 Å². The van der Waals surface area contributed by atoms with Crippen molar-refractivity contribution >= 4 is 11.9 Å². The van der Waals surface area contributed by atoms with E-state index in [-0.39, 0.29) is 18.9 Å². The third-order valence-corrected chi connectivity index (χ3v) is 2.63. The van der Waals surface area contributed by atoms with Crippen LogP contribution < -0.4 is 10.1 Å². The molecule has 0 aliphatic carbocycles. The molecule has 5 heteroatoms. The Balaban J connectivity index is 2.33. The zero-order valence-electron chi connectivity index (χ0n) is 11.2. The van der Waals surface area contributed by atoms with Gasteiger partial charge >= 0.3 is 5.97 Å². The Morgan fingerprint density at radius 1 is 1.42 bits per heavy atom. The fourth-order valence-corrected chi connectivity index (χ4v) is 1.57. The molecule has 5 nitrogen and oxygen atoms in total. The summed E-state index contributed by atoms with van der Waals surface area (Å²) in [4.78, 5) is 22.3. The van der Waals surface area contributed by atoms with Gasteiger partial charge in [0.1, 0.15) is 11.8 Å². The average molecular weight is 265 g/mol. The number of carbonyl (C=O) groups is 2. The van der Waals surface area contributed by atoms with Crippen molar-refractivity contribution in [3.05, 3.63) is 29.8 Å². The molecule has 19 heavy (non-hydrogen) atoms. The van der Waals surface area contributed by atoms with E-state index in [4.69, 9.17) is 9.84 Å². The van der Waals surface area contributed by atoms with Gasteiger partial charge in [0.05, 0.1) is 13.0 Å². The van der Waals surface area contributed by atoms with E-state index in [0.717, 1.165) is 5.56 Å². The maximum absolute atomic E-state index is 11.5. The highest BCUT2D eigenvalue weighted by molar-refractivity contribution is 5.83. The minimum atomic E-state index is -1.02. The Hall–Kier alpha value is -2.04. The van der Waals surface area contributed by atoms with Crippen LogP contribution in [0.4, 0.5) is 0 Å². The lowest BCUT2D eigenvalue weighted by atomic mass is 10.2. The number of nitrogens with one attached hydrogen (secondary N) is 1. The number of benzene rings is 1. The molecule has 0 aliphatic rings. The van der Waals surface area contributed by atoms with E-state index in [9.17, 15) is 9.59 Å². The number of aliphatic carboxylic acids is 1. The molecule has 0 aliphatic heterocycles. The van der Waals surface area contributed by atoms with Crippen molar-refractivity contribution in [2.45, 2.75) is 32.7 Å². The standard InChI is InChI=1S/C14H19NO4/c1-3-12(14(17)18)15-13(16)7-8-19-11-6-4-5-10(2)9-11/h4-6,9,12H,3,7-8H2,1-2H3,(H,15,16)(H,17,18)/t12-/m0/s1. The van der Waals surface area contributed by atoms with Crippen LogP contribution in [-0.2, 0) is 9.59 Å². The SMILES string of the molecule is CC[C@H](NC(=O)CCOc1cccc(C)c1)C(=O)O. The molecule has 1 amide bonds. The summed E-state index contributed by atoms with van der Waals surface area (Å²) in [5, 5.41) is 11.3. The Morgan fingerprint density at radius 2 is 2.16 bits per heavy atom. The van der Waals surface area contributed by atoms with Crippen molar-refractivity contribution in [3.63, 3.8) is 0 Å². The van der Waals surface area contributed by atoms with Crippen molar-refractivity contribution in [2.75, 3.05) is 6.61 Å². The molecular weight excluding hydrogens is 246 g/mol. The summed E-state index contributed by atoms with van der Waals surface area (Å²) in [6.45, 7) is 3.89. The summed E-state index contributed by atoms with van der Waals surface area (Å²) < 4.78 is 5.42. The van der Waals surface area contributed by atoms with Gasteiger partial charge < -0.3 is 15.2 Å². The first-order valence-electron chi connectivity index (χ1n) is 6.24. The van der Waals surface area contributed by atoms with Gasteiger partial charge in [-0.1, -0.05) is 19.1 Å². The van der Waals surface area contributed by atoms with Crippen LogP contribution in [0.1, 0.15) is 25.3 Å². The topological polar surface area (TPSA) is 75.6 Å². The molecule has 2 N–H and O–H groups in total. The second-order valence-corrected chi connectivity index (χ2v) is 4.28. The van der Waals surface area contributed by atoms with Gasteiger partial charge in [0.25, 0.3) is 0 Å². The summed E-state index contributed by atoms with van der Waals surface area (Å²) in [7, 11) is 0. The van der Waals surface area contributed by atoms with Crippen LogP contribution in [0.2, 0.25) is 0 Å². The van der Waals surface area contributed by atoms with Gasteiger partial charge in [-0.05, 0) is 31.0 Å². The molecule has 104 valence electrons. The number of carboxylic acid groups (broad SMARTS) is 1. The first-order chi connectivity index (χ1) is 9.02. The van der Waals surface area contributed by atoms with Gasteiger partial charge in [-0.2, -0.15) is 0 Å². The number of rotatable bonds is 7. The van der Waals surface area contributed by atoms with E-state index < -0.39 is 12.0 Å². The minimum absolute atomic E-state index is 0.137. The minimum Gasteiger partial charge on any atom is -0.493 e. The van der Waals surface area contributed by atoms with Gasteiger partial charge in [-0.25, -0.2) is 4.79 Å². The summed E-state index contributed by atoms with van der Waals surface area (Å²) in [6, 6.07) is 6.70. The van der Waals surface area contributed by atoms with E-state index in [1.807, 2.05) is 31.2 Å². The predicted octanol–water partition coefficient (Wildman–Crippen LogP) is 1.74. The normalized spacial score (nSPS) is 11.7. The van der Waals surface area contributed by atoms with Crippen LogP contribution >= 0.6 is 0 Å². The number of ether oxygens (including phenoxy) is 1. The summed E-state index contributed by atoms with van der Waals surface area (Å²) in [6.07, 6.45) is 0.498. The number of aryl methyl sites for hydroxylation is 1. The molecule has 0 unspecified atom stereocenters. The number of hydrogen-bond acceptors (Lipinski definition) is 3. The van der Waals surface area contributed by atoms with Crippen molar-refractivity contribution in [2.24, 2.45) is 0 Å². The first-order valence-corrected chi connectivity index (χ1v) is 6.24. The predicted molar refractivity (Wildman–Crippen MR) is 71.1 cm³/mol. The molecule has 0 saturated carbocycles. The quantitative estimate of drug-likeness (QED) is 0.787. The van der Waals surface area contributed by atoms with E-state index in [0.29, 0.717) is 12.2 Å². The van der Waals surface area contributed by atoms with Crippen LogP contribution in [0.15, 0.2) is 24.3 Å². The van der Waals surface area contributed by atoms with E-state index in [1.165, 1.54) is 0 Å². The summed E-state index contributed by atoms with van der Waals surface area (Å²) >= 11 is 0. The fraction of sp³-hybridized carbons (Fsp3) is 0.429.